The van der Waals surface area contributed by atoms with Crippen LogP contribution in [0.3, 0.4) is 0 Å². The molecule has 1 radical (unpaired) electrons. The number of nitrogens with zero attached hydrogens (tertiary/aromatic N) is 2. The zero-order chi connectivity index (χ0) is 15.4. The molecule has 1 aliphatic rings. The van der Waals surface area contributed by atoms with Crippen molar-refractivity contribution in [2.45, 2.75) is 12.5 Å². The van der Waals surface area contributed by atoms with Gasteiger partial charge in [0, 0.05) is 44.5 Å². The maximum atomic E-state index is 12.0. The van der Waals surface area contributed by atoms with E-state index in [2.05, 4.69) is 22.9 Å². The molecule has 1 atom stereocenters. The number of benzene rings is 1. The molecule has 1 aliphatic heterocycles. The van der Waals surface area contributed by atoms with Gasteiger partial charge in [0.05, 0.1) is 0 Å². The van der Waals surface area contributed by atoms with E-state index in [1.807, 2.05) is 12.1 Å². The fourth-order valence-corrected chi connectivity index (χ4v) is 2.40. The molecule has 1 heterocycles. The first-order valence-corrected chi connectivity index (χ1v) is 6.92. The molecule has 0 saturated carbocycles. The molecule has 1 aromatic carbocycles. The first-order chi connectivity index (χ1) is 10.0. The standard InChI is InChI=1S/C16H20N3O2/c1-4-15(20)17-13-8-9-19(11-13)14-7-5-6-12(10-14)16(21)18(2)3/h4,6-7,10,13H,1,8-9,11H2,2-3H3,(H,17,20)/t13-/m0/s1. The van der Waals surface area contributed by atoms with Crippen molar-refractivity contribution >= 4 is 17.5 Å². The Bertz CT molecular complexity index is 554. The van der Waals surface area contributed by atoms with Crippen LogP contribution in [0.2, 0.25) is 0 Å². The van der Waals surface area contributed by atoms with E-state index >= 15 is 0 Å². The van der Waals surface area contributed by atoms with Crippen molar-refractivity contribution in [2.24, 2.45) is 0 Å². The number of rotatable bonds is 4. The van der Waals surface area contributed by atoms with Gasteiger partial charge in [0.1, 0.15) is 0 Å². The molecule has 5 heteroatoms. The van der Waals surface area contributed by atoms with E-state index in [1.165, 1.54) is 6.08 Å². The normalized spacial score (nSPS) is 17.4. The number of hydrogen-bond donors (Lipinski definition) is 1. The van der Waals surface area contributed by atoms with Crippen LogP contribution in [0.5, 0.6) is 0 Å². The molecule has 2 amide bonds. The smallest absolute Gasteiger partial charge is 0.253 e. The molecule has 21 heavy (non-hydrogen) atoms. The maximum Gasteiger partial charge on any atom is 0.253 e. The van der Waals surface area contributed by atoms with E-state index in [9.17, 15) is 9.59 Å². The second kappa shape index (κ2) is 6.43. The van der Waals surface area contributed by atoms with Gasteiger partial charge in [-0.25, -0.2) is 0 Å². The number of amides is 2. The Labute approximate surface area is 125 Å². The van der Waals surface area contributed by atoms with Crippen LogP contribution in [-0.2, 0) is 4.79 Å². The fourth-order valence-electron chi connectivity index (χ4n) is 2.40. The summed E-state index contributed by atoms with van der Waals surface area (Å²) in [5.74, 6) is -0.186. The third-order valence-corrected chi connectivity index (χ3v) is 3.51. The van der Waals surface area contributed by atoms with Crippen molar-refractivity contribution in [3.63, 3.8) is 0 Å². The average Bonchev–Trinajstić information content (AvgIpc) is 2.94. The maximum absolute atomic E-state index is 12.0. The van der Waals surface area contributed by atoms with Crippen molar-refractivity contribution in [1.82, 2.24) is 10.2 Å². The van der Waals surface area contributed by atoms with Gasteiger partial charge in [0.25, 0.3) is 5.91 Å². The number of anilines is 1. The lowest BCUT2D eigenvalue weighted by Crippen LogP contribution is -2.36. The summed E-state index contributed by atoms with van der Waals surface area (Å²) in [4.78, 5) is 27.0. The first-order valence-electron chi connectivity index (χ1n) is 6.92. The third-order valence-electron chi connectivity index (χ3n) is 3.51. The van der Waals surface area contributed by atoms with Crippen LogP contribution in [0.25, 0.3) is 0 Å². The lowest BCUT2D eigenvalue weighted by Gasteiger charge is -2.20. The predicted octanol–water partition coefficient (Wildman–Crippen LogP) is 1.07. The second-order valence-corrected chi connectivity index (χ2v) is 5.32. The monoisotopic (exact) mass is 286 g/mol. The molecule has 111 valence electrons. The van der Waals surface area contributed by atoms with Gasteiger partial charge in [-0.3, -0.25) is 9.59 Å². The summed E-state index contributed by atoms with van der Waals surface area (Å²) in [7, 11) is 3.46. The molecule has 1 aromatic rings. The van der Waals surface area contributed by atoms with Crippen molar-refractivity contribution in [3.05, 3.63) is 42.5 Å². The van der Waals surface area contributed by atoms with Crippen LogP contribution in [0.4, 0.5) is 5.69 Å². The zero-order valence-corrected chi connectivity index (χ0v) is 12.4. The average molecular weight is 286 g/mol. The highest BCUT2D eigenvalue weighted by Crippen LogP contribution is 2.21. The van der Waals surface area contributed by atoms with Gasteiger partial charge in [-0.15, -0.1) is 0 Å². The number of nitrogens with one attached hydrogen (secondary N) is 1. The summed E-state index contributed by atoms with van der Waals surface area (Å²) in [6.07, 6.45) is 2.16. The fraction of sp³-hybridized carbons (Fsp3) is 0.375. The van der Waals surface area contributed by atoms with Gasteiger partial charge in [0.2, 0.25) is 5.91 Å². The van der Waals surface area contributed by atoms with Crippen LogP contribution in [0.15, 0.2) is 30.9 Å². The minimum absolute atomic E-state index is 0.0381. The van der Waals surface area contributed by atoms with Crippen LogP contribution in [0, 0.1) is 6.07 Å². The largest absolute Gasteiger partial charge is 0.369 e. The molecular formula is C16H20N3O2. The van der Waals surface area contributed by atoms with Gasteiger partial charge < -0.3 is 15.1 Å². The van der Waals surface area contributed by atoms with Crippen LogP contribution in [-0.4, -0.2) is 49.9 Å². The quantitative estimate of drug-likeness (QED) is 0.842. The molecule has 0 unspecified atom stereocenters. The van der Waals surface area contributed by atoms with Crippen LogP contribution >= 0.6 is 0 Å². The number of carbonyl (C=O) groups is 2. The molecule has 0 spiro atoms. The Balaban J connectivity index is 2.06. The van der Waals surface area contributed by atoms with Gasteiger partial charge in [-0.05, 0) is 36.8 Å². The molecule has 2 rings (SSSR count). The highest BCUT2D eigenvalue weighted by atomic mass is 16.2. The molecular weight excluding hydrogens is 266 g/mol. The third kappa shape index (κ3) is 3.62. The van der Waals surface area contributed by atoms with E-state index < -0.39 is 0 Å². The zero-order valence-electron chi connectivity index (χ0n) is 12.4. The highest BCUT2D eigenvalue weighted by molar-refractivity contribution is 5.94. The lowest BCUT2D eigenvalue weighted by molar-refractivity contribution is -0.117. The highest BCUT2D eigenvalue weighted by Gasteiger charge is 2.24. The summed E-state index contributed by atoms with van der Waals surface area (Å²) in [5, 5.41) is 2.90. The van der Waals surface area contributed by atoms with E-state index in [1.54, 1.807) is 25.1 Å². The predicted molar refractivity (Wildman–Crippen MR) is 82.3 cm³/mol. The van der Waals surface area contributed by atoms with Crippen molar-refractivity contribution in [2.75, 3.05) is 32.1 Å². The van der Waals surface area contributed by atoms with Crippen molar-refractivity contribution < 1.29 is 9.59 Å². The summed E-state index contributed by atoms with van der Waals surface area (Å²) in [6, 6.07) is 8.56. The van der Waals surface area contributed by atoms with Gasteiger partial charge in [-0.2, -0.15) is 0 Å². The summed E-state index contributed by atoms with van der Waals surface area (Å²) in [5.41, 5.74) is 1.58. The topological polar surface area (TPSA) is 52.7 Å². The Morgan fingerprint density at radius 2 is 2.24 bits per heavy atom. The minimum Gasteiger partial charge on any atom is -0.369 e. The lowest BCUT2D eigenvalue weighted by atomic mass is 10.1. The molecule has 1 fully saturated rings. The van der Waals surface area contributed by atoms with Crippen LogP contribution < -0.4 is 10.2 Å². The molecule has 1 N–H and O–H groups in total. The Morgan fingerprint density at radius 1 is 1.48 bits per heavy atom. The van der Waals surface area contributed by atoms with Gasteiger partial charge in [0.15, 0.2) is 0 Å². The summed E-state index contributed by atoms with van der Waals surface area (Å²) < 4.78 is 0. The second-order valence-electron chi connectivity index (χ2n) is 5.32. The van der Waals surface area contributed by atoms with Crippen molar-refractivity contribution in [1.29, 1.82) is 0 Å². The molecule has 0 aromatic heterocycles. The first kappa shape index (κ1) is 15.1. The number of carbonyl (C=O) groups excluding carboxylic acids is 2. The minimum atomic E-state index is -0.148. The van der Waals surface area contributed by atoms with Crippen LogP contribution in [0.1, 0.15) is 16.8 Å². The molecule has 5 nitrogen and oxygen atoms in total. The van der Waals surface area contributed by atoms with E-state index in [4.69, 9.17) is 0 Å². The molecule has 0 bridgehead atoms. The van der Waals surface area contributed by atoms with E-state index in [-0.39, 0.29) is 17.9 Å². The Kier molecular flexibility index (Phi) is 4.62. The van der Waals surface area contributed by atoms with Crippen molar-refractivity contribution in [3.8, 4) is 0 Å². The number of hydrogen-bond acceptors (Lipinski definition) is 3. The Morgan fingerprint density at radius 3 is 2.90 bits per heavy atom. The van der Waals surface area contributed by atoms with Gasteiger partial charge >= 0.3 is 0 Å². The summed E-state index contributed by atoms with van der Waals surface area (Å²) in [6.45, 7) is 5.03. The Hall–Kier alpha value is -2.30. The van der Waals surface area contributed by atoms with E-state index in [0.717, 1.165) is 25.2 Å². The van der Waals surface area contributed by atoms with E-state index in [0.29, 0.717) is 5.56 Å². The molecule has 1 saturated heterocycles. The SMILES string of the molecule is C=CC(=O)N[C@H]1CCN(c2c[c]cc(C(=O)N(C)C)c2)C1. The molecule has 0 aliphatic carbocycles. The summed E-state index contributed by atoms with van der Waals surface area (Å²) >= 11 is 0. The van der Waals surface area contributed by atoms with Gasteiger partial charge in [-0.1, -0.05) is 6.58 Å².